The van der Waals surface area contributed by atoms with Gasteiger partial charge in [0.05, 0.1) is 24.1 Å². The lowest BCUT2D eigenvalue weighted by Crippen LogP contribution is -2.32. The van der Waals surface area contributed by atoms with Gasteiger partial charge in [-0.25, -0.2) is 8.42 Å². The van der Waals surface area contributed by atoms with Gasteiger partial charge in [0.25, 0.3) is 5.91 Å². The van der Waals surface area contributed by atoms with E-state index in [9.17, 15) is 13.2 Å². The van der Waals surface area contributed by atoms with Crippen molar-refractivity contribution in [1.82, 2.24) is 5.32 Å². The molecule has 0 spiro atoms. The van der Waals surface area contributed by atoms with Gasteiger partial charge in [0.1, 0.15) is 5.75 Å². The van der Waals surface area contributed by atoms with E-state index in [2.05, 4.69) is 5.32 Å². The number of nitrogens with zero attached hydrogens (tertiary/aromatic N) is 1. The number of carbonyl (C=O) groups is 1. The standard InChI is InChI=1S/C19H20N2O4S/c22-19(20-17-10-12-25-18-5-2-1-4-16(17)18)14-6-8-15(9-7-14)21-11-3-13-26(21,23)24/h1-2,4-9,17H,3,10-13H2,(H,20,22). The summed E-state index contributed by atoms with van der Waals surface area (Å²) in [7, 11) is -3.21. The quantitative estimate of drug-likeness (QED) is 0.898. The second-order valence-corrected chi connectivity index (χ2v) is 8.50. The molecule has 0 radical (unpaired) electrons. The molecule has 1 amide bonds. The molecule has 136 valence electrons. The third-order valence-corrected chi connectivity index (χ3v) is 6.65. The van der Waals surface area contributed by atoms with Crippen molar-refractivity contribution in [3.8, 4) is 5.75 Å². The predicted molar refractivity (Wildman–Crippen MR) is 99.0 cm³/mol. The van der Waals surface area contributed by atoms with Crippen LogP contribution in [0.3, 0.4) is 0 Å². The fraction of sp³-hybridized carbons (Fsp3) is 0.316. The summed E-state index contributed by atoms with van der Waals surface area (Å²) in [6.07, 6.45) is 1.35. The average Bonchev–Trinajstić information content (AvgIpc) is 3.01. The molecule has 4 rings (SSSR count). The predicted octanol–water partition coefficient (Wildman–Crippen LogP) is 2.48. The van der Waals surface area contributed by atoms with Crippen LogP contribution in [-0.2, 0) is 10.0 Å². The number of amides is 1. The maximum Gasteiger partial charge on any atom is 0.251 e. The van der Waals surface area contributed by atoms with Gasteiger partial charge in [-0.3, -0.25) is 9.10 Å². The van der Waals surface area contributed by atoms with Gasteiger partial charge >= 0.3 is 0 Å². The minimum absolute atomic E-state index is 0.0916. The van der Waals surface area contributed by atoms with Crippen LogP contribution in [0.1, 0.15) is 34.8 Å². The van der Waals surface area contributed by atoms with Crippen LogP contribution in [0.15, 0.2) is 48.5 Å². The molecular weight excluding hydrogens is 352 g/mol. The molecule has 0 saturated carbocycles. The summed E-state index contributed by atoms with van der Waals surface area (Å²) < 4.78 is 31.0. The first kappa shape index (κ1) is 16.9. The molecule has 2 aromatic carbocycles. The highest BCUT2D eigenvalue weighted by Crippen LogP contribution is 2.32. The summed E-state index contributed by atoms with van der Waals surface area (Å²) in [6, 6.07) is 14.3. The maximum atomic E-state index is 12.6. The number of hydrogen-bond acceptors (Lipinski definition) is 4. The molecule has 7 heteroatoms. The zero-order chi connectivity index (χ0) is 18.1. The molecule has 0 bridgehead atoms. The van der Waals surface area contributed by atoms with Crippen molar-refractivity contribution in [3.05, 3.63) is 59.7 Å². The average molecular weight is 372 g/mol. The lowest BCUT2D eigenvalue weighted by atomic mass is 10.00. The van der Waals surface area contributed by atoms with Gasteiger partial charge in [0, 0.05) is 24.1 Å². The number of hydrogen-bond donors (Lipinski definition) is 1. The van der Waals surface area contributed by atoms with Gasteiger partial charge in [0.15, 0.2) is 0 Å². The number of carbonyl (C=O) groups excluding carboxylic acids is 1. The Kier molecular flexibility index (Phi) is 4.32. The normalized spacial score (nSPS) is 20.9. The third kappa shape index (κ3) is 3.14. The van der Waals surface area contributed by atoms with E-state index in [-0.39, 0.29) is 17.7 Å². The molecule has 1 fully saturated rings. The number of ether oxygens (including phenoxy) is 1. The third-order valence-electron chi connectivity index (χ3n) is 4.78. The van der Waals surface area contributed by atoms with Gasteiger partial charge in [-0.2, -0.15) is 0 Å². The molecule has 1 N–H and O–H groups in total. The Morgan fingerprint density at radius 3 is 2.62 bits per heavy atom. The summed E-state index contributed by atoms with van der Waals surface area (Å²) >= 11 is 0. The Hall–Kier alpha value is -2.54. The summed E-state index contributed by atoms with van der Waals surface area (Å²) in [5.41, 5.74) is 2.09. The van der Waals surface area contributed by atoms with Crippen LogP contribution < -0.4 is 14.4 Å². The second kappa shape index (κ2) is 6.64. The molecular formula is C19H20N2O4S. The van der Waals surface area contributed by atoms with Crippen LogP contribution in [0, 0.1) is 0 Å². The lowest BCUT2D eigenvalue weighted by Gasteiger charge is -2.26. The van der Waals surface area contributed by atoms with Gasteiger partial charge in [-0.15, -0.1) is 0 Å². The highest BCUT2D eigenvalue weighted by atomic mass is 32.2. The number of sulfonamides is 1. The number of nitrogens with one attached hydrogen (secondary N) is 1. The van der Waals surface area contributed by atoms with E-state index in [1.807, 2.05) is 24.3 Å². The minimum Gasteiger partial charge on any atom is -0.493 e. The van der Waals surface area contributed by atoms with Crippen molar-refractivity contribution in [2.45, 2.75) is 18.9 Å². The van der Waals surface area contributed by atoms with E-state index in [0.29, 0.717) is 37.2 Å². The zero-order valence-corrected chi connectivity index (χ0v) is 15.0. The number of para-hydroxylation sites is 1. The van der Waals surface area contributed by atoms with Crippen LogP contribution in [0.2, 0.25) is 0 Å². The fourth-order valence-corrected chi connectivity index (χ4v) is 5.01. The Morgan fingerprint density at radius 1 is 1.12 bits per heavy atom. The van der Waals surface area contributed by atoms with E-state index in [1.165, 1.54) is 4.31 Å². The van der Waals surface area contributed by atoms with E-state index in [0.717, 1.165) is 11.3 Å². The number of benzene rings is 2. The molecule has 0 aliphatic carbocycles. The SMILES string of the molecule is O=C(NC1CCOc2ccccc21)c1ccc(N2CCCS2(=O)=O)cc1. The first-order valence-corrected chi connectivity index (χ1v) is 10.3. The monoisotopic (exact) mass is 372 g/mol. The molecule has 1 unspecified atom stereocenters. The fourth-order valence-electron chi connectivity index (χ4n) is 3.44. The van der Waals surface area contributed by atoms with Gasteiger partial charge in [-0.05, 0) is 36.8 Å². The van der Waals surface area contributed by atoms with Crippen molar-refractivity contribution >= 4 is 21.6 Å². The van der Waals surface area contributed by atoms with Crippen molar-refractivity contribution in [2.24, 2.45) is 0 Å². The molecule has 6 nitrogen and oxygen atoms in total. The smallest absolute Gasteiger partial charge is 0.251 e. The van der Waals surface area contributed by atoms with Crippen LogP contribution in [0.4, 0.5) is 5.69 Å². The summed E-state index contributed by atoms with van der Waals surface area (Å²) in [4.78, 5) is 12.6. The van der Waals surface area contributed by atoms with Crippen LogP contribution in [0.5, 0.6) is 5.75 Å². The summed E-state index contributed by atoms with van der Waals surface area (Å²) in [6.45, 7) is 1.06. The van der Waals surface area contributed by atoms with Crippen LogP contribution >= 0.6 is 0 Å². The Balaban J connectivity index is 1.50. The van der Waals surface area contributed by atoms with E-state index >= 15 is 0 Å². The van der Waals surface area contributed by atoms with Crippen molar-refractivity contribution in [2.75, 3.05) is 23.2 Å². The van der Waals surface area contributed by atoms with E-state index < -0.39 is 10.0 Å². The Labute approximate surface area is 152 Å². The number of rotatable bonds is 3. The molecule has 2 aliphatic heterocycles. The molecule has 2 aliphatic rings. The molecule has 2 aromatic rings. The Morgan fingerprint density at radius 2 is 1.88 bits per heavy atom. The van der Waals surface area contributed by atoms with Crippen LogP contribution in [-0.4, -0.2) is 33.2 Å². The topological polar surface area (TPSA) is 75.7 Å². The lowest BCUT2D eigenvalue weighted by molar-refractivity contribution is 0.0925. The molecule has 1 saturated heterocycles. The highest BCUT2D eigenvalue weighted by molar-refractivity contribution is 7.93. The van der Waals surface area contributed by atoms with Gasteiger partial charge < -0.3 is 10.1 Å². The van der Waals surface area contributed by atoms with Gasteiger partial charge in [0.2, 0.25) is 10.0 Å². The first-order chi connectivity index (χ1) is 12.5. The zero-order valence-electron chi connectivity index (χ0n) is 14.2. The summed E-state index contributed by atoms with van der Waals surface area (Å²) in [5, 5.41) is 3.05. The first-order valence-electron chi connectivity index (χ1n) is 8.68. The largest absolute Gasteiger partial charge is 0.493 e. The molecule has 0 aromatic heterocycles. The number of anilines is 1. The van der Waals surface area contributed by atoms with Crippen molar-refractivity contribution < 1.29 is 17.9 Å². The maximum absolute atomic E-state index is 12.6. The minimum atomic E-state index is -3.21. The molecule has 26 heavy (non-hydrogen) atoms. The van der Waals surface area contributed by atoms with Gasteiger partial charge in [-0.1, -0.05) is 18.2 Å². The van der Waals surface area contributed by atoms with Crippen molar-refractivity contribution in [1.29, 1.82) is 0 Å². The van der Waals surface area contributed by atoms with Crippen LogP contribution in [0.25, 0.3) is 0 Å². The number of fused-ring (bicyclic) bond motifs is 1. The second-order valence-electron chi connectivity index (χ2n) is 6.49. The molecule has 2 heterocycles. The Bertz CT molecular complexity index is 925. The summed E-state index contributed by atoms with van der Waals surface area (Å²) in [5.74, 6) is 0.805. The van der Waals surface area contributed by atoms with E-state index in [1.54, 1.807) is 24.3 Å². The van der Waals surface area contributed by atoms with Crippen molar-refractivity contribution in [3.63, 3.8) is 0 Å². The highest BCUT2D eigenvalue weighted by Gasteiger charge is 2.28. The van der Waals surface area contributed by atoms with E-state index in [4.69, 9.17) is 4.74 Å². The molecule has 1 atom stereocenters.